The minimum Gasteiger partial charge on any atom is -0.323 e. The fourth-order valence-corrected chi connectivity index (χ4v) is 4.24. The Kier molecular flexibility index (Phi) is 7.08. The monoisotopic (exact) mass is 468 g/mol. The molecular formula is C18H17Cl2F3N2O3S. The third kappa shape index (κ3) is 5.77. The predicted molar refractivity (Wildman–Crippen MR) is 108 cm³/mol. The Morgan fingerprint density at radius 2 is 1.83 bits per heavy atom. The van der Waals surface area contributed by atoms with Crippen molar-refractivity contribution in [2.45, 2.75) is 25.6 Å². The second-order valence-corrected chi connectivity index (χ2v) is 8.85. The van der Waals surface area contributed by atoms with Gasteiger partial charge in [-0.15, -0.1) is 0 Å². The Balaban J connectivity index is 2.43. The maximum atomic E-state index is 12.9. The molecule has 1 N–H and O–H groups in total. The Morgan fingerprint density at radius 3 is 2.34 bits per heavy atom. The smallest absolute Gasteiger partial charge is 0.323 e. The quantitative estimate of drug-likeness (QED) is 0.633. The minimum atomic E-state index is -4.63. The Bertz CT molecular complexity index is 1010. The number of amides is 1. The fraction of sp³-hybridized carbons (Fsp3) is 0.278. The van der Waals surface area contributed by atoms with Gasteiger partial charge in [-0.2, -0.15) is 13.2 Å². The summed E-state index contributed by atoms with van der Waals surface area (Å²) in [6.45, 7) is 1.57. The number of nitrogens with zero attached hydrogens (tertiary/aromatic N) is 1. The topological polar surface area (TPSA) is 66.5 Å². The van der Waals surface area contributed by atoms with Crippen LogP contribution < -0.4 is 9.62 Å². The number of carbonyl (C=O) groups is 1. The lowest BCUT2D eigenvalue weighted by molar-refractivity contribution is -0.137. The zero-order valence-electron chi connectivity index (χ0n) is 15.3. The first-order chi connectivity index (χ1) is 13.3. The number of alkyl halides is 3. The van der Waals surface area contributed by atoms with Gasteiger partial charge >= 0.3 is 6.18 Å². The van der Waals surface area contributed by atoms with Gasteiger partial charge in [-0.3, -0.25) is 9.10 Å². The van der Waals surface area contributed by atoms with Crippen LogP contribution in [0.3, 0.4) is 0 Å². The number of benzene rings is 2. The molecule has 5 nitrogen and oxygen atoms in total. The summed E-state index contributed by atoms with van der Waals surface area (Å²) in [5.41, 5.74) is -1.12. The summed E-state index contributed by atoms with van der Waals surface area (Å²) in [6, 6.07) is 7.12. The molecule has 0 aliphatic carbocycles. The lowest BCUT2D eigenvalue weighted by Crippen LogP contribution is -2.47. The van der Waals surface area contributed by atoms with E-state index in [1.54, 1.807) is 6.92 Å². The number of carbonyl (C=O) groups excluding carboxylic acids is 1. The largest absolute Gasteiger partial charge is 0.416 e. The third-order valence-corrected chi connectivity index (χ3v) is 5.69. The van der Waals surface area contributed by atoms with Gasteiger partial charge in [0.25, 0.3) is 0 Å². The number of anilines is 2. The van der Waals surface area contributed by atoms with Crippen molar-refractivity contribution in [1.82, 2.24) is 0 Å². The van der Waals surface area contributed by atoms with Gasteiger partial charge in [-0.05, 0) is 42.8 Å². The molecule has 0 aliphatic rings. The Morgan fingerprint density at radius 1 is 1.17 bits per heavy atom. The number of sulfonamides is 1. The van der Waals surface area contributed by atoms with E-state index in [1.807, 2.05) is 0 Å². The van der Waals surface area contributed by atoms with Gasteiger partial charge in [-0.1, -0.05) is 36.2 Å². The standard InChI is InChI=1S/C18H17Cl2F3N2O3S/c1-3-16(25(29(2,27)28)13-6-4-5-12(19)10-13)17(26)24-15-9-11(18(21,22)23)7-8-14(15)20/h4-10,16H,3H2,1-2H3,(H,24,26). The molecule has 11 heteroatoms. The van der Waals surface area contributed by atoms with Crippen molar-refractivity contribution < 1.29 is 26.4 Å². The van der Waals surface area contributed by atoms with Crippen LogP contribution >= 0.6 is 23.2 Å². The highest BCUT2D eigenvalue weighted by molar-refractivity contribution is 7.92. The molecule has 0 radical (unpaired) electrons. The van der Waals surface area contributed by atoms with Gasteiger partial charge in [0.15, 0.2) is 0 Å². The number of hydrogen-bond donors (Lipinski definition) is 1. The van der Waals surface area contributed by atoms with Crippen molar-refractivity contribution in [3.8, 4) is 0 Å². The van der Waals surface area contributed by atoms with Crippen LogP contribution in [0.15, 0.2) is 42.5 Å². The summed E-state index contributed by atoms with van der Waals surface area (Å²) >= 11 is 11.8. The number of halogens is 5. The molecule has 2 rings (SSSR count). The molecule has 1 amide bonds. The van der Waals surface area contributed by atoms with Crippen LogP contribution in [-0.4, -0.2) is 26.6 Å². The summed E-state index contributed by atoms with van der Waals surface area (Å²) in [5.74, 6) is -0.834. The molecule has 29 heavy (non-hydrogen) atoms. The molecule has 0 aromatic heterocycles. The van der Waals surface area contributed by atoms with E-state index < -0.39 is 33.7 Å². The molecular weight excluding hydrogens is 452 g/mol. The molecule has 0 heterocycles. The van der Waals surface area contributed by atoms with E-state index >= 15 is 0 Å². The Labute approximate surface area is 176 Å². The first-order valence-corrected chi connectivity index (χ1v) is 10.9. The average Bonchev–Trinajstić information content (AvgIpc) is 2.59. The molecule has 0 bridgehead atoms. The van der Waals surface area contributed by atoms with Crippen LogP contribution in [0, 0.1) is 0 Å². The minimum absolute atomic E-state index is 0.0436. The van der Waals surface area contributed by atoms with Gasteiger partial charge in [0.2, 0.25) is 15.9 Å². The number of rotatable bonds is 6. The molecule has 2 aromatic rings. The second kappa shape index (κ2) is 8.81. The fourth-order valence-electron chi connectivity index (χ4n) is 2.69. The van der Waals surface area contributed by atoms with Gasteiger partial charge in [-0.25, -0.2) is 8.42 Å². The van der Waals surface area contributed by atoms with E-state index in [0.717, 1.165) is 22.7 Å². The first kappa shape index (κ1) is 23.3. The van der Waals surface area contributed by atoms with Crippen molar-refractivity contribution in [2.75, 3.05) is 15.9 Å². The van der Waals surface area contributed by atoms with Crippen molar-refractivity contribution >= 4 is 50.5 Å². The molecule has 0 saturated heterocycles. The van der Waals surface area contributed by atoms with Crippen LogP contribution in [0.4, 0.5) is 24.5 Å². The zero-order chi connectivity index (χ0) is 22.0. The summed E-state index contributed by atoms with van der Waals surface area (Å²) in [5, 5.41) is 2.44. The summed E-state index contributed by atoms with van der Waals surface area (Å²) in [7, 11) is -3.92. The summed E-state index contributed by atoms with van der Waals surface area (Å²) < 4.78 is 64.5. The van der Waals surface area contributed by atoms with Crippen LogP contribution in [0.25, 0.3) is 0 Å². The number of hydrogen-bond acceptors (Lipinski definition) is 3. The molecule has 0 spiro atoms. The highest BCUT2D eigenvalue weighted by Gasteiger charge is 2.34. The SMILES string of the molecule is CCC(C(=O)Nc1cc(C(F)(F)F)ccc1Cl)N(c1cccc(Cl)c1)S(C)(=O)=O. The lowest BCUT2D eigenvalue weighted by atomic mass is 10.1. The van der Waals surface area contributed by atoms with E-state index in [1.165, 1.54) is 24.3 Å². The molecule has 1 unspecified atom stereocenters. The third-order valence-electron chi connectivity index (χ3n) is 3.94. The molecule has 0 saturated carbocycles. The normalized spacial score (nSPS) is 13.1. The highest BCUT2D eigenvalue weighted by atomic mass is 35.5. The van der Waals surface area contributed by atoms with Crippen molar-refractivity contribution in [2.24, 2.45) is 0 Å². The number of nitrogens with one attached hydrogen (secondary N) is 1. The van der Waals surface area contributed by atoms with Gasteiger partial charge in [0.1, 0.15) is 6.04 Å². The van der Waals surface area contributed by atoms with E-state index in [2.05, 4.69) is 5.32 Å². The van der Waals surface area contributed by atoms with Crippen LogP contribution in [-0.2, 0) is 21.0 Å². The maximum absolute atomic E-state index is 12.9. The van der Waals surface area contributed by atoms with E-state index in [9.17, 15) is 26.4 Å². The van der Waals surface area contributed by atoms with Crippen molar-refractivity contribution in [1.29, 1.82) is 0 Å². The molecule has 158 valence electrons. The van der Waals surface area contributed by atoms with Crippen molar-refractivity contribution in [3.05, 3.63) is 58.1 Å². The summed E-state index contributed by atoms with van der Waals surface area (Å²) in [6.07, 6.45) is -3.67. The van der Waals surface area contributed by atoms with Crippen LogP contribution in [0.1, 0.15) is 18.9 Å². The molecule has 0 aliphatic heterocycles. The van der Waals surface area contributed by atoms with Crippen LogP contribution in [0.5, 0.6) is 0 Å². The van der Waals surface area contributed by atoms with Gasteiger partial charge in [0, 0.05) is 5.02 Å². The second-order valence-electron chi connectivity index (χ2n) is 6.14. The lowest BCUT2D eigenvalue weighted by Gasteiger charge is -2.30. The average molecular weight is 469 g/mol. The Hall–Kier alpha value is -1.97. The van der Waals surface area contributed by atoms with E-state index in [4.69, 9.17) is 23.2 Å². The molecule has 1 atom stereocenters. The molecule has 2 aromatic carbocycles. The summed E-state index contributed by atoms with van der Waals surface area (Å²) in [4.78, 5) is 12.8. The molecule has 0 fully saturated rings. The first-order valence-electron chi connectivity index (χ1n) is 8.27. The maximum Gasteiger partial charge on any atom is 0.416 e. The van der Waals surface area contributed by atoms with Gasteiger partial charge in [0.05, 0.1) is 28.2 Å². The predicted octanol–water partition coefficient (Wildman–Crippen LogP) is 5.20. The van der Waals surface area contributed by atoms with Crippen molar-refractivity contribution in [3.63, 3.8) is 0 Å². The van der Waals surface area contributed by atoms with Crippen LogP contribution in [0.2, 0.25) is 10.0 Å². The van der Waals surface area contributed by atoms with E-state index in [-0.39, 0.29) is 27.8 Å². The van der Waals surface area contributed by atoms with Gasteiger partial charge < -0.3 is 5.32 Å². The highest BCUT2D eigenvalue weighted by Crippen LogP contribution is 2.34. The zero-order valence-corrected chi connectivity index (χ0v) is 17.6. The van der Waals surface area contributed by atoms with E-state index in [0.29, 0.717) is 6.07 Å².